The van der Waals surface area contributed by atoms with Gasteiger partial charge in [-0.1, -0.05) is 0 Å². The summed E-state index contributed by atoms with van der Waals surface area (Å²) in [5.41, 5.74) is 0.509. The standard InChI is InChI=1S/C12H16FN3O2/c1-8(15-7-11(17)14-2)12(18)16-10-5-3-9(13)4-6-10/h3-6,8,15H,7H2,1-2H3,(H,14,17)(H,16,18)/t8-/m0/s1. The smallest absolute Gasteiger partial charge is 0.241 e. The van der Waals surface area contributed by atoms with Crippen molar-refractivity contribution in [2.24, 2.45) is 0 Å². The summed E-state index contributed by atoms with van der Waals surface area (Å²) in [7, 11) is 1.52. The minimum atomic E-state index is -0.521. The summed E-state index contributed by atoms with van der Waals surface area (Å²) in [4.78, 5) is 22.7. The van der Waals surface area contributed by atoms with E-state index in [1.165, 1.54) is 31.3 Å². The van der Waals surface area contributed by atoms with Crippen molar-refractivity contribution in [3.63, 3.8) is 0 Å². The molecule has 0 aliphatic rings. The number of hydrogen-bond acceptors (Lipinski definition) is 3. The van der Waals surface area contributed by atoms with Crippen LogP contribution in [0.15, 0.2) is 24.3 Å². The molecule has 0 radical (unpaired) electrons. The van der Waals surface area contributed by atoms with Crippen LogP contribution in [0, 0.1) is 5.82 Å². The lowest BCUT2D eigenvalue weighted by atomic mass is 10.2. The molecule has 6 heteroatoms. The highest BCUT2D eigenvalue weighted by atomic mass is 19.1. The van der Waals surface area contributed by atoms with Crippen LogP contribution in [0.5, 0.6) is 0 Å². The Kier molecular flexibility index (Phi) is 5.26. The van der Waals surface area contributed by atoms with Crippen molar-refractivity contribution in [1.82, 2.24) is 10.6 Å². The van der Waals surface area contributed by atoms with Gasteiger partial charge in [0.05, 0.1) is 12.6 Å². The molecule has 3 N–H and O–H groups in total. The van der Waals surface area contributed by atoms with E-state index in [1.807, 2.05) is 0 Å². The zero-order valence-corrected chi connectivity index (χ0v) is 10.3. The number of likely N-dealkylation sites (N-methyl/N-ethyl adjacent to an activating group) is 1. The van der Waals surface area contributed by atoms with Gasteiger partial charge in [0, 0.05) is 12.7 Å². The Hall–Kier alpha value is -1.95. The lowest BCUT2D eigenvalue weighted by molar-refractivity contribution is -0.120. The van der Waals surface area contributed by atoms with Crippen molar-refractivity contribution < 1.29 is 14.0 Å². The Bertz CT molecular complexity index is 420. The van der Waals surface area contributed by atoms with Crippen LogP contribution >= 0.6 is 0 Å². The van der Waals surface area contributed by atoms with Gasteiger partial charge in [0.1, 0.15) is 5.82 Å². The number of carbonyl (C=O) groups is 2. The van der Waals surface area contributed by atoms with Crippen molar-refractivity contribution in [2.75, 3.05) is 18.9 Å². The first-order valence-electron chi connectivity index (χ1n) is 5.53. The van der Waals surface area contributed by atoms with Crippen LogP contribution < -0.4 is 16.0 Å². The van der Waals surface area contributed by atoms with Gasteiger partial charge in [-0.2, -0.15) is 0 Å². The fourth-order valence-corrected chi connectivity index (χ4v) is 1.21. The number of amides is 2. The van der Waals surface area contributed by atoms with Gasteiger partial charge < -0.3 is 10.6 Å². The lowest BCUT2D eigenvalue weighted by Gasteiger charge is -2.13. The molecule has 0 aromatic heterocycles. The summed E-state index contributed by atoms with van der Waals surface area (Å²) in [5, 5.41) is 7.82. The van der Waals surface area contributed by atoms with Crippen molar-refractivity contribution in [1.29, 1.82) is 0 Å². The fraction of sp³-hybridized carbons (Fsp3) is 0.333. The van der Waals surface area contributed by atoms with E-state index in [9.17, 15) is 14.0 Å². The summed E-state index contributed by atoms with van der Waals surface area (Å²) >= 11 is 0. The summed E-state index contributed by atoms with van der Waals surface area (Å²) in [6.45, 7) is 1.70. The first kappa shape index (κ1) is 14.1. The Morgan fingerprint density at radius 2 is 1.89 bits per heavy atom. The molecule has 0 bridgehead atoms. The van der Waals surface area contributed by atoms with E-state index < -0.39 is 6.04 Å². The molecule has 0 heterocycles. The molecular weight excluding hydrogens is 237 g/mol. The molecule has 98 valence electrons. The van der Waals surface area contributed by atoms with Crippen molar-refractivity contribution in [2.45, 2.75) is 13.0 Å². The number of nitrogens with one attached hydrogen (secondary N) is 3. The predicted octanol–water partition coefficient (Wildman–Crippen LogP) is 0.488. The number of hydrogen-bond donors (Lipinski definition) is 3. The quantitative estimate of drug-likeness (QED) is 0.715. The molecule has 5 nitrogen and oxygen atoms in total. The third-order valence-electron chi connectivity index (χ3n) is 2.35. The molecule has 1 rings (SSSR count). The third kappa shape index (κ3) is 4.50. The maximum Gasteiger partial charge on any atom is 0.241 e. The van der Waals surface area contributed by atoms with Crippen LogP contribution in [0.2, 0.25) is 0 Å². The van der Waals surface area contributed by atoms with Crippen LogP contribution in [0.4, 0.5) is 10.1 Å². The summed E-state index contributed by atoms with van der Waals surface area (Å²) < 4.78 is 12.7. The highest BCUT2D eigenvalue weighted by molar-refractivity contribution is 5.94. The van der Waals surface area contributed by atoms with Crippen LogP contribution in [0.25, 0.3) is 0 Å². The Labute approximate surface area is 105 Å². The molecule has 0 spiro atoms. The molecule has 0 unspecified atom stereocenters. The molecule has 18 heavy (non-hydrogen) atoms. The van der Waals surface area contributed by atoms with Crippen LogP contribution in [0.1, 0.15) is 6.92 Å². The zero-order chi connectivity index (χ0) is 13.5. The highest BCUT2D eigenvalue weighted by Gasteiger charge is 2.13. The van der Waals surface area contributed by atoms with E-state index in [0.29, 0.717) is 5.69 Å². The van der Waals surface area contributed by atoms with Gasteiger partial charge >= 0.3 is 0 Å². The number of benzene rings is 1. The van der Waals surface area contributed by atoms with Gasteiger partial charge in [0.2, 0.25) is 11.8 Å². The second-order valence-electron chi connectivity index (χ2n) is 3.77. The first-order chi connectivity index (χ1) is 8.52. The maximum atomic E-state index is 12.7. The van der Waals surface area contributed by atoms with Gasteiger partial charge in [-0.05, 0) is 31.2 Å². The number of carbonyl (C=O) groups excluding carboxylic acids is 2. The molecule has 0 aliphatic heterocycles. The van der Waals surface area contributed by atoms with E-state index >= 15 is 0 Å². The topological polar surface area (TPSA) is 70.2 Å². The minimum Gasteiger partial charge on any atom is -0.358 e. The molecule has 2 amide bonds. The molecular formula is C12H16FN3O2. The summed E-state index contributed by atoms with van der Waals surface area (Å²) in [5.74, 6) is -0.847. The largest absolute Gasteiger partial charge is 0.358 e. The first-order valence-corrected chi connectivity index (χ1v) is 5.53. The van der Waals surface area contributed by atoms with E-state index in [2.05, 4.69) is 16.0 Å². The summed E-state index contributed by atoms with van der Waals surface area (Å²) in [6.07, 6.45) is 0. The Morgan fingerprint density at radius 1 is 1.28 bits per heavy atom. The zero-order valence-electron chi connectivity index (χ0n) is 10.3. The van der Waals surface area contributed by atoms with Crippen molar-refractivity contribution in [3.8, 4) is 0 Å². The van der Waals surface area contributed by atoms with Gasteiger partial charge in [0.15, 0.2) is 0 Å². The van der Waals surface area contributed by atoms with E-state index in [-0.39, 0.29) is 24.2 Å². The third-order valence-corrected chi connectivity index (χ3v) is 2.35. The fourth-order valence-electron chi connectivity index (χ4n) is 1.21. The lowest BCUT2D eigenvalue weighted by Crippen LogP contribution is -2.42. The van der Waals surface area contributed by atoms with E-state index in [0.717, 1.165) is 0 Å². The molecule has 0 fully saturated rings. The molecule has 1 aromatic carbocycles. The van der Waals surface area contributed by atoms with Crippen LogP contribution in [-0.2, 0) is 9.59 Å². The van der Waals surface area contributed by atoms with Crippen LogP contribution in [0.3, 0.4) is 0 Å². The number of halogens is 1. The molecule has 0 aliphatic carbocycles. The highest BCUT2D eigenvalue weighted by Crippen LogP contribution is 2.08. The van der Waals surface area contributed by atoms with E-state index in [1.54, 1.807) is 6.92 Å². The average molecular weight is 253 g/mol. The van der Waals surface area contributed by atoms with Crippen molar-refractivity contribution in [3.05, 3.63) is 30.1 Å². The minimum absolute atomic E-state index is 0.0640. The monoisotopic (exact) mass is 253 g/mol. The molecule has 0 saturated heterocycles. The van der Waals surface area contributed by atoms with Gasteiger partial charge in [-0.25, -0.2) is 4.39 Å². The summed E-state index contributed by atoms with van der Waals surface area (Å²) in [6, 6.07) is 4.95. The Balaban J connectivity index is 2.44. The Morgan fingerprint density at radius 3 is 2.44 bits per heavy atom. The predicted molar refractivity (Wildman–Crippen MR) is 66.6 cm³/mol. The van der Waals surface area contributed by atoms with Crippen molar-refractivity contribution >= 4 is 17.5 Å². The van der Waals surface area contributed by atoms with Gasteiger partial charge in [0.25, 0.3) is 0 Å². The number of rotatable bonds is 5. The normalized spacial score (nSPS) is 11.7. The maximum absolute atomic E-state index is 12.7. The van der Waals surface area contributed by atoms with Gasteiger partial charge in [-0.15, -0.1) is 0 Å². The second-order valence-corrected chi connectivity index (χ2v) is 3.77. The van der Waals surface area contributed by atoms with E-state index in [4.69, 9.17) is 0 Å². The number of anilines is 1. The SMILES string of the molecule is CNC(=O)CN[C@@H](C)C(=O)Nc1ccc(F)cc1. The molecule has 1 aromatic rings. The van der Waals surface area contributed by atoms with Gasteiger partial charge in [-0.3, -0.25) is 14.9 Å². The molecule has 1 atom stereocenters. The second kappa shape index (κ2) is 6.70. The molecule has 0 saturated carbocycles. The average Bonchev–Trinajstić information content (AvgIpc) is 2.38. The van der Waals surface area contributed by atoms with Crippen LogP contribution in [-0.4, -0.2) is 31.4 Å².